The van der Waals surface area contributed by atoms with Gasteiger partial charge in [-0.2, -0.15) is 5.26 Å². The quantitative estimate of drug-likeness (QED) is 0.672. The summed E-state index contributed by atoms with van der Waals surface area (Å²) in [7, 11) is 0. The number of nitrogens with one attached hydrogen (secondary N) is 2. The first-order valence-corrected chi connectivity index (χ1v) is 8.68. The molecule has 1 fully saturated rings. The Balaban J connectivity index is 0.000000299. The van der Waals surface area contributed by atoms with Crippen LogP contribution in [-0.2, 0) is 4.74 Å². The van der Waals surface area contributed by atoms with Crippen LogP contribution in [0.4, 0.5) is 0 Å². The second kappa shape index (κ2) is 8.68. The molecule has 1 aromatic heterocycles. The maximum Gasteiger partial charge on any atom is 0.258 e. The fourth-order valence-corrected chi connectivity index (χ4v) is 2.93. The monoisotopic (exact) mass is 387 g/mol. The standard InChI is InChI=1S/C14H9ClN4O2.C4H9NO/c15-8-3-1-7(2-4-8)10-9(5-16)12(17)21-14-11(10)13(20)18-6-19-14;1-3-6-4-2-5-1/h1-4,6,10H,17H2,(H,18,19,20);5H,1-4H2. The van der Waals surface area contributed by atoms with E-state index in [2.05, 4.69) is 15.3 Å². The van der Waals surface area contributed by atoms with Crippen LogP contribution in [-0.4, -0.2) is 36.3 Å². The van der Waals surface area contributed by atoms with Crippen LogP contribution >= 0.6 is 11.6 Å². The van der Waals surface area contributed by atoms with Crippen LogP contribution in [0.3, 0.4) is 0 Å². The number of ether oxygens (including phenoxy) is 2. The van der Waals surface area contributed by atoms with Crippen molar-refractivity contribution in [3.63, 3.8) is 0 Å². The van der Waals surface area contributed by atoms with Gasteiger partial charge < -0.3 is 25.5 Å². The molecule has 2 aromatic rings. The number of hydrogen-bond acceptors (Lipinski definition) is 7. The highest BCUT2D eigenvalue weighted by Gasteiger charge is 2.33. The average molecular weight is 388 g/mol. The summed E-state index contributed by atoms with van der Waals surface area (Å²) in [6, 6.07) is 8.84. The van der Waals surface area contributed by atoms with Crippen LogP contribution in [0.5, 0.6) is 5.88 Å². The van der Waals surface area contributed by atoms with Gasteiger partial charge in [0.1, 0.15) is 11.6 Å². The van der Waals surface area contributed by atoms with Gasteiger partial charge in [-0.25, -0.2) is 4.98 Å². The number of nitriles is 1. The third kappa shape index (κ3) is 4.28. The van der Waals surface area contributed by atoms with E-state index in [9.17, 15) is 10.1 Å². The van der Waals surface area contributed by atoms with E-state index in [0.717, 1.165) is 26.3 Å². The Bertz CT molecular complexity index is 918. The SMILES string of the molecule is C1COCCN1.N#CC1=C(N)Oc2nc[nH]c(=O)c2C1c1ccc(Cl)cc1. The van der Waals surface area contributed by atoms with Gasteiger partial charge in [0.05, 0.1) is 31.0 Å². The summed E-state index contributed by atoms with van der Waals surface area (Å²) in [5.74, 6) is -0.577. The molecule has 0 amide bonds. The van der Waals surface area contributed by atoms with Crippen molar-refractivity contribution >= 4 is 11.6 Å². The molecule has 0 bridgehead atoms. The van der Waals surface area contributed by atoms with E-state index in [0.29, 0.717) is 10.6 Å². The molecule has 3 heterocycles. The number of aromatic amines is 1. The predicted octanol–water partition coefficient (Wildman–Crippen LogP) is 1.25. The van der Waals surface area contributed by atoms with Crippen molar-refractivity contribution in [1.82, 2.24) is 15.3 Å². The second-order valence-electron chi connectivity index (χ2n) is 5.79. The predicted molar refractivity (Wildman–Crippen MR) is 99.3 cm³/mol. The molecular formula is C18H18ClN5O3. The molecule has 140 valence electrons. The Hall–Kier alpha value is -2.86. The van der Waals surface area contributed by atoms with Gasteiger partial charge in [0.2, 0.25) is 11.8 Å². The minimum atomic E-state index is -0.631. The molecule has 1 atom stereocenters. The van der Waals surface area contributed by atoms with Crippen LogP contribution in [0, 0.1) is 11.3 Å². The Morgan fingerprint density at radius 3 is 2.52 bits per heavy atom. The lowest BCUT2D eigenvalue weighted by molar-refractivity contribution is 0.109. The lowest BCUT2D eigenvalue weighted by Crippen LogP contribution is -2.30. The Kier molecular flexibility index (Phi) is 6.08. The molecule has 9 heteroatoms. The molecular weight excluding hydrogens is 370 g/mol. The first-order valence-electron chi connectivity index (χ1n) is 8.31. The van der Waals surface area contributed by atoms with Crippen molar-refractivity contribution < 1.29 is 9.47 Å². The Morgan fingerprint density at radius 2 is 1.96 bits per heavy atom. The van der Waals surface area contributed by atoms with Gasteiger partial charge in [-0.1, -0.05) is 23.7 Å². The van der Waals surface area contributed by atoms with Crippen LogP contribution in [0.2, 0.25) is 5.02 Å². The molecule has 1 unspecified atom stereocenters. The normalized spacial score (nSPS) is 18.4. The summed E-state index contributed by atoms with van der Waals surface area (Å²) in [6.45, 7) is 3.83. The molecule has 27 heavy (non-hydrogen) atoms. The molecule has 4 rings (SSSR count). The topological polar surface area (TPSA) is 126 Å². The maximum absolute atomic E-state index is 12.1. The van der Waals surface area contributed by atoms with E-state index in [4.69, 9.17) is 26.8 Å². The second-order valence-corrected chi connectivity index (χ2v) is 6.23. The van der Waals surface area contributed by atoms with E-state index in [1.165, 1.54) is 6.33 Å². The molecule has 2 aliphatic heterocycles. The van der Waals surface area contributed by atoms with Gasteiger partial charge in [0.15, 0.2) is 0 Å². The number of allylic oxidation sites excluding steroid dienone is 1. The summed E-state index contributed by atoms with van der Waals surface area (Å²) >= 11 is 5.87. The molecule has 8 nitrogen and oxygen atoms in total. The maximum atomic E-state index is 12.1. The molecule has 0 aliphatic carbocycles. The molecule has 0 radical (unpaired) electrons. The fourth-order valence-electron chi connectivity index (χ4n) is 2.80. The first-order chi connectivity index (χ1) is 13.1. The minimum absolute atomic E-state index is 0.0527. The lowest BCUT2D eigenvalue weighted by atomic mass is 9.85. The summed E-state index contributed by atoms with van der Waals surface area (Å²) in [4.78, 5) is 18.6. The number of rotatable bonds is 1. The van der Waals surface area contributed by atoms with E-state index in [-0.39, 0.29) is 28.5 Å². The van der Waals surface area contributed by atoms with Crippen molar-refractivity contribution in [1.29, 1.82) is 5.26 Å². The minimum Gasteiger partial charge on any atom is -0.422 e. The molecule has 1 saturated heterocycles. The zero-order chi connectivity index (χ0) is 19.2. The highest BCUT2D eigenvalue weighted by Crippen LogP contribution is 2.38. The highest BCUT2D eigenvalue weighted by atomic mass is 35.5. The van der Waals surface area contributed by atoms with Crippen molar-refractivity contribution in [3.8, 4) is 11.9 Å². The summed E-state index contributed by atoms with van der Waals surface area (Å²) in [5, 5.41) is 13.1. The number of nitrogens with two attached hydrogens (primary N) is 1. The number of morpholine rings is 1. The van der Waals surface area contributed by atoms with Crippen LogP contribution in [0.15, 0.2) is 46.8 Å². The zero-order valence-electron chi connectivity index (χ0n) is 14.4. The number of aromatic nitrogens is 2. The fraction of sp³-hybridized carbons (Fsp3) is 0.278. The van der Waals surface area contributed by atoms with Crippen molar-refractivity contribution in [2.24, 2.45) is 5.73 Å². The van der Waals surface area contributed by atoms with Crippen molar-refractivity contribution in [3.05, 3.63) is 68.6 Å². The van der Waals surface area contributed by atoms with Gasteiger partial charge in [-0.3, -0.25) is 4.79 Å². The lowest BCUT2D eigenvalue weighted by Gasteiger charge is -2.24. The summed E-state index contributed by atoms with van der Waals surface area (Å²) in [5.41, 5.74) is 6.53. The molecule has 4 N–H and O–H groups in total. The molecule has 0 spiro atoms. The van der Waals surface area contributed by atoms with E-state index >= 15 is 0 Å². The molecule has 1 aromatic carbocycles. The number of H-pyrrole nitrogens is 1. The van der Waals surface area contributed by atoms with Crippen molar-refractivity contribution in [2.75, 3.05) is 26.3 Å². The van der Waals surface area contributed by atoms with Gasteiger partial charge in [0, 0.05) is 18.1 Å². The van der Waals surface area contributed by atoms with Crippen molar-refractivity contribution in [2.45, 2.75) is 5.92 Å². The third-order valence-electron chi connectivity index (χ3n) is 4.07. The number of halogens is 1. The largest absolute Gasteiger partial charge is 0.422 e. The Labute approximate surface area is 160 Å². The first kappa shape index (κ1) is 18.9. The van der Waals surface area contributed by atoms with Gasteiger partial charge >= 0.3 is 0 Å². The number of nitrogens with zero attached hydrogens (tertiary/aromatic N) is 2. The highest BCUT2D eigenvalue weighted by molar-refractivity contribution is 6.30. The number of hydrogen-bond donors (Lipinski definition) is 3. The van der Waals surface area contributed by atoms with E-state index in [1.54, 1.807) is 24.3 Å². The average Bonchev–Trinajstić information content (AvgIpc) is 2.70. The number of benzene rings is 1. The van der Waals surface area contributed by atoms with Gasteiger partial charge in [-0.15, -0.1) is 0 Å². The van der Waals surface area contributed by atoms with Gasteiger partial charge in [0.25, 0.3) is 5.56 Å². The Morgan fingerprint density at radius 1 is 1.26 bits per heavy atom. The number of fused-ring (bicyclic) bond motifs is 1. The molecule has 0 saturated carbocycles. The summed E-state index contributed by atoms with van der Waals surface area (Å²) in [6.07, 6.45) is 1.23. The van der Waals surface area contributed by atoms with Crippen LogP contribution in [0.25, 0.3) is 0 Å². The summed E-state index contributed by atoms with van der Waals surface area (Å²) < 4.78 is 10.3. The smallest absolute Gasteiger partial charge is 0.258 e. The van der Waals surface area contributed by atoms with E-state index in [1.807, 2.05) is 6.07 Å². The van der Waals surface area contributed by atoms with Crippen LogP contribution in [0.1, 0.15) is 17.0 Å². The zero-order valence-corrected chi connectivity index (χ0v) is 15.1. The molecule has 2 aliphatic rings. The van der Waals surface area contributed by atoms with Crippen LogP contribution < -0.4 is 21.3 Å². The van der Waals surface area contributed by atoms with E-state index < -0.39 is 5.92 Å². The van der Waals surface area contributed by atoms with Gasteiger partial charge in [-0.05, 0) is 17.7 Å². The third-order valence-corrected chi connectivity index (χ3v) is 4.32.